The zero-order chi connectivity index (χ0) is 9.68. The minimum absolute atomic E-state index is 0.378. The smallest absolute Gasteiger partial charge is 0.0666 e. The topological polar surface area (TPSA) is 35.2 Å². The molecule has 1 aliphatic heterocycles. The van der Waals surface area contributed by atoms with Crippen LogP contribution in [0.25, 0.3) is 0 Å². The minimum Gasteiger partial charge on any atom is -0.377 e. The molecule has 2 nitrogen and oxygen atoms in total. The van der Waals surface area contributed by atoms with Crippen LogP contribution in [0.15, 0.2) is 0 Å². The third kappa shape index (κ3) is 3.88. The SMILES string of the molecule is CCCC(N)CSC1CCOC1C. The van der Waals surface area contributed by atoms with Gasteiger partial charge in [-0.25, -0.2) is 0 Å². The zero-order valence-electron chi connectivity index (χ0n) is 8.66. The third-order valence-corrected chi connectivity index (χ3v) is 4.16. The molecule has 0 bridgehead atoms. The van der Waals surface area contributed by atoms with Crippen molar-refractivity contribution >= 4 is 11.8 Å². The fraction of sp³-hybridized carbons (Fsp3) is 1.00. The summed E-state index contributed by atoms with van der Waals surface area (Å²) in [6, 6.07) is 0.378. The first-order chi connectivity index (χ1) is 6.24. The average molecular weight is 203 g/mol. The highest BCUT2D eigenvalue weighted by atomic mass is 32.2. The monoisotopic (exact) mass is 203 g/mol. The van der Waals surface area contributed by atoms with Crippen LogP contribution < -0.4 is 5.73 Å². The van der Waals surface area contributed by atoms with Crippen LogP contribution in [0.5, 0.6) is 0 Å². The molecule has 2 N–H and O–H groups in total. The molecular formula is C10H21NOS. The summed E-state index contributed by atoms with van der Waals surface area (Å²) in [5, 5.41) is 0.683. The molecule has 0 spiro atoms. The highest BCUT2D eigenvalue weighted by Crippen LogP contribution is 2.26. The molecule has 0 saturated carbocycles. The van der Waals surface area contributed by atoms with E-state index in [2.05, 4.69) is 13.8 Å². The van der Waals surface area contributed by atoms with E-state index in [0.29, 0.717) is 17.4 Å². The lowest BCUT2D eigenvalue weighted by Crippen LogP contribution is -2.25. The van der Waals surface area contributed by atoms with Gasteiger partial charge in [0.25, 0.3) is 0 Å². The summed E-state index contributed by atoms with van der Waals surface area (Å²) >= 11 is 1.99. The molecule has 1 aliphatic rings. The first-order valence-electron chi connectivity index (χ1n) is 5.22. The van der Waals surface area contributed by atoms with Gasteiger partial charge < -0.3 is 10.5 Å². The minimum atomic E-state index is 0.378. The molecule has 1 fully saturated rings. The van der Waals surface area contributed by atoms with E-state index in [0.717, 1.165) is 18.8 Å². The molecule has 1 heterocycles. The lowest BCUT2D eigenvalue weighted by molar-refractivity contribution is 0.127. The molecule has 3 unspecified atom stereocenters. The maximum absolute atomic E-state index is 5.95. The predicted octanol–water partition coefficient (Wildman–Crippen LogP) is 2.02. The van der Waals surface area contributed by atoms with Crippen molar-refractivity contribution in [2.45, 2.75) is 50.5 Å². The van der Waals surface area contributed by atoms with Gasteiger partial charge in [0.2, 0.25) is 0 Å². The van der Waals surface area contributed by atoms with Crippen LogP contribution in [-0.4, -0.2) is 29.8 Å². The van der Waals surface area contributed by atoms with Crippen molar-refractivity contribution in [3.63, 3.8) is 0 Å². The van der Waals surface area contributed by atoms with Crippen LogP contribution in [0.4, 0.5) is 0 Å². The molecule has 0 aromatic heterocycles. The summed E-state index contributed by atoms with van der Waals surface area (Å²) in [4.78, 5) is 0. The number of rotatable bonds is 5. The molecule has 1 saturated heterocycles. The number of hydrogen-bond donors (Lipinski definition) is 1. The van der Waals surface area contributed by atoms with Gasteiger partial charge >= 0.3 is 0 Å². The molecular weight excluding hydrogens is 182 g/mol. The standard InChI is InChI=1S/C10H21NOS/c1-3-4-9(11)7-13-10-5-6-12-8(10)2/h8-10H,3-7,11H2,1-2H3. The van der Waals surface area contributed by atoms with Crippen molar-refractivity contribution in [3.05, 3.63) is 0 Å². The largest absolute Gasteiger partial charge is 0.377 e. The van der Waals surface area contributed by atoms with E-state index < -0.39 is 0 Å². The van der Waals surface area contributed by atoms with E-state index in [9.17, 15) is 0 Å². The Morgan fingerprint density at radius 3 is 2.92 bits per heavy atom. The molecule has 1 rings (SSSR count). The predicted molar refractivity (Wildman–Crippen MR) is 59.2 cm³/mol. The van der Waals surface area contributed by atoms with Gasteiger partial charge in [0.15, 0.2) is 0 Å². The quantitative estimate of drug-likeness (QED) is 0.742. The number of hydrogen-bond acceptors (Lipinski definition) is 3. The molecule has 0 amide bonds. The van der Waals surface area contributed by atoms with E-state index >= 15 is 0 Å². The Balaban J connectivity index is 2.10. The van der Waals surface area contributed by atoms with E-state index in [-0.39, 0.29) is 0 Å². The summed E-state index contributed by atoms with van der Waals surface area (Å²) in [5.74, 6) is 1.09. The summed E-state index contributed by atoms with van der Waals surface area (Å²) in [7, 11) is 0. The fourth-order valence-corrected chi connectivity index (χ4v) is 2.91. The van der Waals surface area contributed by atoms with Crippen molar-refractivity contribution in [2.24, 2.45) is 5.73 Å². The fourth-order valence-electron chi connectivity index (χ4n) is 1.63. The molecule has 3 heteroatoms. The molecule has 0 aromatic carbocycles. The maximum atomic E-state index is 5.95. The lowest BCUT2D eigenvalue weighted by Gasteiger charge is -2.16. The van der Waals surface area contributed by atoms with Gasteiger partial charge in [-0.1, -0.05) is 13.3 Å². The highest BCUT2D eigenvalue weighted by molar-refractivity contribution is 8.00. The van der Waals surface area contributed by atoms with Crippen molar-refractivity contribution in [2.75, 3.05) is 12.4 Å². The lowest BCUT2D eigenvalue weighted by atomic mass is 10.2. The van der Waals surface area contributed by atoms with Gasteiger partial charge in [0.05, 0.1) is 6.10 Å². The van der Waals surface area contributed by atoms with Crippen LogP contribution in [0, 0.1) is 0 Å². The summed E-state index contributed by atoms with van der Waals surface area (Å²) < 4.78 is 5.50. The number of thioether (sulfide) groups is 1. The number of ether oxygens (including phenoxy) is 1. The Hall–Kier alpha value is 0.270. The molecule has 13 heavy (non-hydrogen) atoms. The second-order valence-corrected chi connectivity index (χ2v) is 5.06. The van der Waals surface area contributed by atoms with Crippen LogP contribution in [-0.2, 0) is 4.74 Å². The molecule has 0 aromatic rings. The van der Waals surface area contributed by atoms with E-state index in [1.165, 1.54) is 12.8 Å². The van der Waals surface area contributed by atoms with E-state index in [1.54, 1.807) is 0 Å². The van der Waals surface area contributed by atoms with Gasteiger partial charge in [-0.3, -0.25) is 0 Å². The average Bonchev–Trinajstić information content (AvgIpc) is 2.48. The van der Waals surface area contributed by atoms with E-state index in [1.807, 2.05) is 11.8 Å². The first-order valence-corrected chi connectivity index (χ1v) is 6.27. The Labute approximate surface area is 85.6 Å². The zero-order valence-corrected chi connectivity index (χ0v) is 9.48. The molecule has 3 atom stereocenters. The van der Waals surface area contributed by atoms with Gasteiger partial charge in [-0.15, -0.1) is 0 Å². The Bertz CT molecular complexity index is 143. The van der Waals surface area contributed by atoms with Gasteiger partial charge in [0.1, 0.15) is 0 Å². The molecule has 0 radical (unpaired) electrons. The summed E-state index contributed by atoms with van der Waals surface area (Å²) in [6.07, 6.45) is 3.97. The summed E-state index contributed by atoms with van der Waals surface area (Å²) in [6.45, 7) is 5.28. The van der Waals surface area contributed by atoms with Gasteiger partial charge in [-0.2, -0.15) is 11.8 Å². The van der Waals surface area contributed by atoms with Crippen molar-refractivity contribution in [1.82, 2.24) is 0 Å². The first kappa shape index (κ1) is 11.3. The maximum Gasteiger partial charge on any atom is 0.0666 e. The van der Waals surface area contributed by atoms with Gasteiger partial charge in [-0.05, 0) is 19.8 Å². The van der Waals surface area contributed by atoms with Crippen LogP contribution in [0.2, 0.25) is 0 Å². The second-order valence-electron chi connectivity index (χ2n) is 3.79. The second kappa shape index (κ2) is 5.89. The van der Waals surface area contributed by atoms with Crippen molar-refractivity contribution in [3.8, 4) is 0 Å². The highest BCUT2D eigenvalue weighted by Gasteiger charge is 2.24. The summed E-state index contributed by atoms with van der Waals surface area (Å²) in [5.41, 5.74) is 5.95. The van der Waals surface area contributed by atoms with Crippen LogP contribution in [0.1, 0.15) is 33.1 Å². The van der Waals surface area contributed by atoms with Crippen molar-refractivity contribution < 1.29 is 4.74 Å². The van der Waals surface area contributed by atoms with Crippen molar-refractivity contribution in [1.29, 1.82) is 0 Å². The Kier molecular flexibility index (Phi) is 5.14. The van der Waals surface area contributed by atoms with E-state index in [4.69, 9.17) is 10.5 Å². The molecule has 0 aliphatic carbocycles. The van der Waals surface area contributed by atoms with Crippen LogP contribution >= 0.6 is 11.8 Å². The van der Waals surface area contributed by atoms with Gasteiger partial charge in [0, 0.05) is 23.7 Å². The number of nitrogens with two attached hydrogens (primary N) is 1. The normalized spacial score (nSPS) is 30.7. The molecule has 78 valence electrons. The third-order valence-electron chi connectivity index (χ3n) is 2.49. The van der Waals surface area contributed by atoms with Crippen LogP contribution in [0.3, 0.4) is 0 Å². The Morgan fingerprint density at radius 1 is 1.62 bits per heavy atom. The Morgan fingerprint density at radius 2 is 2.38 bits per heavy atom.